The minimum absolute atomic E-state index is 0.0850. The first kappa shape index (κ1) is 13.8. The number of aliphatic hydroxyl groups excluding tert-OH is 1. The van der Waals surface area contributed by atoms with Gasteiger partial charge in [0.05, 0.1) is 6.54 Å². The van der Waals surface area contributed by atoms with Crippen LogP contribution in [0.3, 0.4) is 0 Å². The third kappa shape index (κ3) is 5.72. The first-order valence-corrected chi connectivity index (χ1v) is 6.06. The van der Waals surface area contributed by atoms with Crippen LogP contribution in [-0.4, -0.2) is 67.2 Å². The molecule has 0 aromatic rings. The summed E-state index contributed by atoms with van der Waals surface area (Å²) in [5.74, 6) is 0. The Labute approximate surface area is 96.0 Å². The molecule has 1 N–H and O–H groups in total. The van der Waals surface area contributed by atoms with Crippen LogP contribution in [0, 0.1) is 0 Å². The number of nitrogens with zero attached hydrogens (tertiary/aromatic N) is 2. The second-order valence-electron chi connectivity index (χ2n) is 4.32. The highest BCUT2D eigenvalue weighted by Gasteiger charge is 2.18. The van der Waals surface area contributed by atoms with Gasteiger partial charge >= 0.3 is 0 Å². The Kier molecular flexibility index (Phi) is 6.84. The SMILES string of the molecule is OCCCCCN1CCN(CC(F)F)CC1. The van der Waals surface area contributed by atoms with Crippen LogP contribution in [0.4, 0.5) is 8.78 Å². The van der Waals surface area contributed by atoms with Gasteiger partial charge in [-0.15, -0.1) is 0 Å². The average Bonchev–Trinajstić information content (AvgIpc) is 2.26. The van der Waals surface area contributed by atoms with E-state index in [0.29, 0.717) is 0 Å². The van der Waals surface area contributed by atoms with Crippen LogP contribution in [0.1, 0.15) is 19.3 Å². The smallest absolute Gasteiger partial charge is 0.251 e. The monoisotopic (exact) mass is 236 g/mol. The van der Waals surface area contributed by atoms with Gasteiger partial charge in [-0.3, -0.25) is 4.90 Å². The minimum atomic E-state index is -2.21. The number of aliphatic hydroxyl groups is 1. The minimum Gasteiger partial charge on any atom is -0.396 e. The van der Waals surface area contributed by atoms with Crippen LogP contribution in [0.2, 0.25) is 0 Å². The van der Waals surface area contributed by atoms with Crippen molar-refractivity contribution in [1.29, 1.82) is 0 Å². The van der Waals surface area contributed by atoms with Crippen molar-refractivity contribution in [3.63, 3.8) is 0 Å². The predicted molar refractivity (Wildman–Crippen MR) is 59.8 cm³/mol. The predicted octanol–water partition coefficient (Wildman–Crippen LogP) is 1.03. The zero-order chi connectivity index (χ0) is 11.8. The summed E-state index contributed by atoms with van der Waals surface area (Å²) < 4.78 is 24.2. The van der Waals surface area contributed by atoms with E-state index in [4.69, 9.17) is 5.11 Å². The molecule has 0 radical (unpaired) electrons. The van der Waals surface area contributed by atoms with E-state index in [1.807, 2.05) is 4.90 Å². The molecular weight excluding hydrogens is 214 g/mol. The molecule has 1 rings (SSSR count). The molecule has 1 saturated heterocycles. The van der Waals surface area contributed by atoms with E-state index in [9.17, 15) is 8.78 Å². The van der Waals surface area contributed by atoms with E-state index >= 15 is 0 Å². The Bertz CT molecular complexity index is 173. The third-order valence-electron chi connectivity index (χ3n) is 2.99. The van der Waals surface area contributed by atoms with E-state index in [0.717, 1.165) is 52.0 Å². The van der Waals surface area contributed by atoms with Gasteiger partial charge in [-0.25, -0.2) is 8.78 Å². The highest BCUT2D eigenvalue weighted by molar-refractivity contribution is 4.72. The summed E-state index contributed by atoms with van der Waals surface area (Å²) in [4.78, 5) is 4.15. The summed E-state index contributed by atoms with van der Waals surface area (Å²) >= 11 is 0. The van der Waals surface area contributed by atoms with Crippen molar-refractivity contribution in [3.05, 3.63) is 0 Å². The lowest BCUT2D eigenvalue weighted by atomic mass is 10.2. The largest absolute Gasteiger partial charge is 0.396 e. The Morgan fingerprint density at radius 2 is 1.56 bits per heavy atom. The fraction of sp³-hybridized carbons (Fsp3) is 1.00. The Morgan fingerprint density at radius 3 is 2.12 bits per heavy atom. The number of alkyl halides is 2. The van der Waals surface area contributed by atoms with Gasteiger partial charge in [-0.1, -0.05) is 0 Å². The second-order valence-corrected chi connectivity index (χ2v) is 4.32. The van der Waals surface area contributed by atoms with Crippen LogP contribution in [0.5, 0.6) is 0 Å². The van der Waals surface area contributed by atoms with Crippen LogP contribution in [-0.2, 0) is 0 Å². The summed E-state index contributed by atoms with van der Waals surface area (Å²) in [5.41, 5.74) is 0. The van der Waals surface area contributed by atoms with Crippen molar-refractivity contribution in [2.24, 2.45) is 0 Å². The molecule has 0 aromatic carbocycles. The summed E-state index contributed by atoms with van der Waals surface area (Å²) in [5, 5.41) is 8.63. The van der Waals surface area contributed by atoms with Crippen molar-refractivity contribution in [3.8, 4) is 0 Å². The maximum atomic E-state index is 12.1. The zero-order valence-electron chi connectivity index (χ0n) is 9.75. The molecule has 0 atom stereocenters. The second kappa shape index (κ2) is 7.92. The van der Waals surface area contributed by atoms with E-state index < -0.39 is 6.43 Å². The Hall–Kier alpha value is -0.260. The molecule has 0 unspecified atom stereocenters. The van der Waals surface area contributed by atoms with Gasteiger partial charge in [-0.2, -0.15) is 0 Å². The number of hydrogen-bond donors (Lipinski definition) is 1. The molecule has 1 aliphatic heterocycles. The molecule has 0 spiro atoms. The molecule has 0 aliphatic carbocycles. The molecule has 1 aliphatic rings. The number of rotatable bonds is 7. The van der Waals surface area contributed by atoms with Crippen LogP contribution >= 0.6 is 0 Å². The lowest BCUT2D eigenvalue weighted by Crippen LogP contribution is -2.47. The highest BCUT2D eigenvalue weighted by Crippen LogP contribution is 2.06. The Balaban J connectivity index is 2.03. The van der Waals surface area contributed by atoms with Gasteiger partial charge in [0.1, 0.15) is 0 Å². The maximum Gasteiger partial charge on any atom is 0.251 e. The average molecular weight is 236 g/mol. The van der Waals surface area contributed by atoms with Gasteiger partial charge in [0, 0.05) is 32.8 Å². The normalized spacial score (nSPS) is 19.5. The summed E-state index contributed by atoms with van der Waals surface area (Å²) in [6.45, 7) is 4.51. The van der Waals surface area contributed by atoms with Gasteiger partial charge in [0.2, 0.25) is 0 Å². The van der Waals surface area contributed by atoms with E-state index in [1.165, 1.54) is 0 Å². The molecule has 16 heavy (non-hydrogen) atoms. The number of hydrogen-bond acceptors (Lipinski definition) is 3. The van der Waals surface area contributed by atoms with Crippen LogP contribution in [0.25, 0.3) is 0 Å². The maximum absolute atomic E-state index is 12.1. The van der Waals surface area contributed by atoms with Crippen molar-refractivity contribution in [2.75, 3.05) is 45.9 Å². The quantitative estimate of drug-likeness (QED) is 0.669. The Morgan fingerprint density at radius 1 is 0.938 bits per heavy atom. The molecule has 1 fully saturated rings. The standard InChI is InChI=1S/C11H22F2N2O/c12-11(13)10-15-7-5-14(6-8-15)4-2-1-3-9-16/h11,16H,1-10H2. The number of halogens is 2. The zero-order valence-corrected chi connectivity index (χ0v) is 9.75. The van der Waals surface area contributed by atoms with E-state index in [2.05, 4.69) is 4.90 Å². The first-order valence-electron chi connectivity index (χ1n) is 6.06. The summed E-state index contributed by atoms with van der Waals surface area (Å²) in [6, 6.07) is 0. The molecule has 0 bridgehead atoms. The fourth-order valence-electron chi connectivity index (χ4n) is 2.01. The van der Waals surface area contributed by atoms with Crippen molar-refractivity contribution < 1.29 is 13.9 Å². The number of unbranched alkanes of at least 4 members (excludes halogenated alkanes) is 2. The molecule has 0 aromatic heterocycles. The lowest BCUT2D eigenvalue weighted by Gasteiger charge is -2.34. The van der Waals surface area contributed by atoms with Gasteiger partial charge in [0.15, 0.2) is 0 Å². The molecule has 96 valence electrons. The fourth-order valence-corrected chi connectivity index (χ4v) is 2.01. The van der Waals surface area contributed by atoms with Gasteiger partial charge in [-0.05, 0) is 25.8 Å². The van der Waals surface area contributed by atoms with Crippen molar-refractivity contribution in [1.82, 2.24) is 9.80 Å². The third-order valence-corrected chi connectivity index (χ3v) is 2.99. The van der Waals surface area contributed by atoms with E-state index in [-0.39, 0.29) is 13.2 Å². The van der Waals surface area contributed by atoms with E-state index in [1.54, 1.807) is 0 Å². The first-order chi connectivity index (χ1) is 7.72. The molecule has 0 amide bonds. The molecule has 5 heteroatoms. The van der Waals surface area contributed by atoms with Gasteiger partial charge < -0.3 is 10.0 Å². The molecular formula is C11H22F2N2O. The summed E-state index contributed by atoms with van der Waals surface area (Å²) in [7, 11) is 0. The molecule has 3 nitrogen and oxygen atoms in total. The summed E-state index contributed by atoms with van der Waals surface area (Å²) in [6.07, 6.45) is 0.796. The molecule has 1 heterocycles. The van der Waals surface area contributed by atoms with Gasteiger partial charge in [0.25, 0.3) is 6.43 Å². The molecule has 0 saturated carbocycles. The van der Waals surface area contributed by atoms with Crippen LogP contribution < -0.4 is 0 Å². The number of piperazine rings is 1. The highest BCUT2D eigenvalue weighted by atomic mass is 19.3. The van der Waals surface area contributed by atoms with Crippen molar-refractivity contribution >= 4 is 0 Å². The topological polar surface area (TPSA) is 26.7 Å². The lowest BCUT2D eigenvalue weighted by molar-refractivity contribution is 0.0558. The van der Waals surface area contributed by atoms with Crippen LogP contribution in [0.15, 0.2) is 0 Å². The van der Waals surface area contributed by atoms with Crippen molar-refractivity contribution in [2.45, 2.75) is 25.7 Å².